The molecule has 3 rings (SSSR count). The number of fused-ring (bicyclic) bond motifs is 1. The van der Waals surface area contributed by atoms with E-state index in [4.69, 9.17) is 14.6 Å². The molecular weight excluding hydrogens is 320 g/mol. The summed E-state index contributed by atoms with van der Waals surface area (Å²) in [6.07, 6.45) is 0. The number of ether oxygens (including phenoxy) is 2. The van der Waals surface area contributed by atoms with E-state index in [0.717, 1.165) is 16.5 Å². The van der Waals surface area contributed by atoms with Crippen molar-refractivity contribution in [2.75, 3.05) is 13.2 Å². The van der Waals surface area contributed by atoms with Gasteiger partial charge in [0.25, 0.3) is 0 Å². The maximum atomic E-state index is 11.9. The lowest BCUT2D eigenvalue weighted by molar-refractivity contribution is 0.0450. The average Bonchev–Trinajstić information content (AvgIpc) is 2.65. The van der Waals surface area contributed by atoms with Crippen LogP contribution in [0.15, 0.2) is 66.7 Å². The fourth-order valence-electron chi connectivity index (χ4n) is 2.44. The van der Waals surface area contributed by atoms with Gasteiger partial charge in [-0.05, 0) is 35.7 Å². The zero-order chi connectivity index (χ0) is 17.6. The Morgan fingerprint density at radius 2 is 1.48 bits per heavy atom. The Balaban J connectivity index is 1.54. The fourth-order valence-corrected chi connectivity index (χ4v) is 2.44. The number of hydrogen-bond donors (Lipinski definition) is 1. The van der Waals surface area contributed by atoms with Crippen molar-refractivity contribution in [1.29, 1.82) is 0 Å². The first-order valence-corrected chi connectivity index (χ1v) is 7.76. The van der Waals surface area contributed by atoms with Crippen molar-refractivity contribution >= 4 is 22.7 Å². The molecule has 0 bridgehead atoms. The van der Waals surface area contributed by atoms with E-state index in [1.54, 1.807) is 0 Å². The highest BCUT2D eigenvalue weighted by molar-refractivity contribution is 5.92. The van der Waals surface area contributed by atoms with Crippen LogP contribution in [0.3, 0.4) is 0 Å². The first kappa shape index (κ1) is 16.5. The van der Waals surface area contributed by atoms with Gasteiger partial charge in [-0.3, -0.25) is 0 Å². The number of hydrogen-bond acceptors (Lipinski definition) is 4. The molecule has 3 aromatic rings. The summed E-state index contributed by atoms with van der Waals surface area (Å²) in [5.74, 6) is -0.818. The maximum Gasteiger partial charge on any atom is 0.338 e. The Labute approximate surface area is 144 Å². The third-order valence-corrected chi connectivity index (χ3v) is 3.69. The van der Waals surface area contributed by atoms with Crippen LogP contribution in [0.4, 0.5) is 0 Å². The van der Waals surface area contributed by atoms with Crippen LogP contribution in [0, 0.1) is 0 Å². The summed E-state index contributed by atoms with van der Waals surface area (Å²) in [5, 5.41) is 10.9. The first-order valence-electron chi connectivity index (χ1n) is 7.76. The Morgan fingerprint density at radius 3 is 2.24 bits per heavy atom. The highest BCUT2D eigenvalue weighted by atomic mass is 16.6. The van der Waals surface area contributed by atoms with Gasteiger partial charge in [-0.1, -0.05) is 36.4 Å². The summed E-state index contributed by atoms with van der Waals surface area (Å²) in [5.41, 5.74) is 0.422. The van der Waals surface area contributed by atoms with Crippen LogP contribution in [0.5, 0.6) is 5.75 Å². The van der Waals surface area contributed by atoms with E-state index in [-0.39, 0.29) is 18.8 Å². The highest BCUT2D eigenvalue weighted by Crippen LogP contribution is 2.24. The number of carbonyl (C=O) groups excluding carboxylic acids is 1. The van der Waals surface area contributed by atoms with Crippen LogP contribution in [0.2, 0.25) is 0 Å². The number of carboxylic acid groups (broad SMARTS) is 1. The van der Waals surface area contributed by atoms with Crippen molar-refractivity contribution in [3.63, 3.8) is 0 Å². The van der Waals surface area contributed by atoms with Gasteiger partial charge < -0.3 is 14.6 Å². The summed E-state index contributed by atoms with van der Waals surface area (Å²) >= 11 is 0. The largest absolute Gasteiger partial charge is 0.489 e. The monoisotopic (exact) mass is 336 g/mol. The second-order valence-electron chi connectivity index (χ2n) is 5.34. The summed E-state index contributed by atoms with van der Waals surface area (Å²) in [6, 6.07) is 19.3. The molecule has 0 atom stereocenters. The third-order valence-electron chi connectivity index (χ3n) is 3.69. The Hall–Kier alpha value is -3.34. The molecule has 0 unspecified atom stereocenters. The SMILES string of the molecule is O=C(O)c1ccc(C(=O)OCCOc2cccc3ccccc23)cc1. The highest BCUT2D eigenvalue weighted by Gasteiger charge is 2.09. The third kappa shape index (κ3) is 3.95. The normalized spacial score (nSPS) is 10.4. The second-order valence-corrected chi connectivity index (χ2v) is 5.34. The van der Waals surface area contributed by atoms with Gasteiger partial charge in [-0.15, -0.1) is 0 Å². The summed E-state index contributed by atoms with van der Waals surface area (Å²) in [4.78, 5) is 22.7. The van der Waals surface area contributed by atoms with Crippen LogP contribution in [-0.4, -0.2) is 30.3 Å². The molecule has 0 spiro atoms. The van der Waals surface area contributed by atoms with E-state index in [1.807, 2.05) is 42.5 Å². The summed E-state index contributed by atoms with van der Waals surface area (Å²) in [6.45, 7) is 0.329. The molecule has 0 fully saturated rings. The lowest BCUT2D eigenvalue weighted by Crippen LogP contribution is -2.12. The molecular formula is C20H16O5. The van der Waals surface area contributed by atoms with Crippen molar-refractivity contribution in [2.24, 2.45) is 0 Å². The first-order chi connectivity index (χ1) is 12.1. The summed E-state index contributed by atoms with van der Waals surface area (Å²) in [7, 11) is 0. The molecule has 0 saturated carbocycles. The van der Waals surface area contributed by atoms with Crippen molar-refractivity contribution in [3.8, 4) is 5.75 Å². The molecule has 0 radical (unpaired) electrons. The molecule has 0 saturated heterocycles. The van der Waals surface area contributed by atoms with Gasteiger partial charge >= 0.3 is 11.9 Å². The minimum Gasteiger partial charge on any atom is -0.489 e. The molecule has 0 aliphatic rings. The van der Waals surface area contributed by atoms with Gasteiger partial charge in [0.05, 0.1) is 11.1 Å². The van der Waals surface area contributed by atoms with E-state index in [9.17, 15) is 9.59 Å². The smallest absolute Gasteiger partial charge is 0.338 e. The number of rotatable bonds is 6. The van der Waals surface area contributed by atoms with E-state index in [2.05, 4.69) is 0 Å². The summed E-state index contributed by atoms with van der Waals surface area (Å²) < 4.78 is 10.9. The minimum atomic E-state index is -1.04. The van der Waals surface area contributed by atoms with Crippen molar-refractivity contribution in [2.45, 2.75) is 0 Å². The van der Waals surface area contributed by atoms with Crippen LogP contribution >= 0.6 is 0 Å². The van der Waals surface area contributed by atoms with E-state index < -0.39 is 11.9 Å². The number of carboxylic acids is 1. The van der Waals surface area contributed by atoms with Gasteiger partial charge in [-0.2, -0.15) is 0 Å². The van der Waals surface area contributed by atoms with Crippen molar-refractivity contribution < 1.29 is 24.2 Å². The number of carbonyl (C=O) groups is 2. The standard InChI is InChI=1S/C20H16O5/c21-19(22)15-8-10-16(11-9-15)20(23)25-13-12-24-18-7-3-5-14-4-1-2-6-17(14)18/h1-11H,12-13H2,(H,21,22). The molecule has 0 aromatic heterocycles. The zero-order valence-corrected chi connectivity index (χ0v) is 13.3. The Bertz CT molecular complexity index is 894. The van der Waals surface area contributed by atoms with Crippen LogP contribution in [-0.2, 0) is 4.74 Å². The molecule has 1 N–H and O–H groups in total. The van der Waals surface area contributed by atoms with E-state index in [0.29, 0.717) is 5.56 Å². The molecule has 3 aromatic carbocycles. The molecule has 126 valence electrons. The molecule has 5 heteroatoms. The molecule has 25 heavy (non-hydrogen) atoms. The number of aromatic carboxylic acids is 1. The van der Waals surface area contributed by atoms with Gasteiger partial charge in [-0.25, -0.2) is 9.59 Å². The minimum absolute atomic E-state index is 0.0999. The Morgan fingerprint density at radius 1 is 0.800 bits per heavy atom. The van der Waals surface area contributed by atoms with E-state index >= 15 is 0 Å². The maximum absolute atomic E-state index is 11.9. The van der Waals surface area contributed by atoms with Crippen molar-refractivity contribution in [3.05, 3.63) is 77.9 Å². The number of benzene rings is 3. The number of esters is 1. The topological polar surface area (TPSA) is 72.8 Å². The average molecular weight is 336 g/mol. The van der Waals surface area contributed by atoms with Crippen LogP contribution in [0.1, 0.15) is 20.7 Å². The van der Waals surface area contributed by atoms with Gasteiger partial charge in [0, 0.05) is 5.39 Å². The van der Waals surface area contributed by atoms with Crippen LogP contribution in [0.25, 0.3) is 10.8 Å². The lowest BCUT2D eigenvalue weighted by Gasteiger charge is -2.10. The van der Waals surface area contributed by atoms with Crippen LogP contribution < -0.4 is 4.74 Å². The predicted octanol–water partition coefficient (Wildman–Crippen LogP) is 3.77. The zero-order valence-electron chi connectivity index (χ0n) is 13.3. The van der Waals surface area contributed by atoms with Crippen molar-refractivity contribution in [1.82, 2.24) is 0 Å². The Kier molecular flexibility index (Phi) is 4.95. The van der Waals surface area contributed by atoms with Gasteiger partial charge in [0.2, 0.25) is 0 Å². The second kappa shape index (κ2) is 7.49. The quantitative estimate of drug-likeness (QED) is 0.548. The molecule has 0 aliphatic heterocycles. The van der Waals surface area contributed by atoms with Gasteiger partial charge in [0.1, 0.15) is 19.0 Å². The van der Waals surface area contributed by atoms with Gasteiger partial charge in [0.15, 0.2) is 0 Å². The lowest BCUT2D eigenvalue weighted by atomic mass is 10.1. The molecule has 0 aliphatic carbocycles. The fraction of sp³-hybridized carbons (Fsp3) is 0.100. The predicted molar refractivity (Wildman–Crippen MR) is 93.1 cm³/mol. The molecule has 0 heterocycles. The van der Waals surface area contributed by atoms with E-state index in [1.165, 1.54) is 24.3 Å². The molecule has 0 amide bonds. The molecule has 5 nitrogen and oxygen atoms in total.